The Labute approximate surface area is 150 Å². The summed E-state index contributed by atoms with van der Waals surface area (Å²) in [7, 11) is 1.71. The van der Waals surface area contributed by atoms with Gasteiger partial charge in [-0.2, -0.15) is 0 Å². The van der Waals surface area contributed by atoms with Crippen LogP contribution in [0.25, 0.3) is 0 Å². The fourth-order valence-corrected chi connectivity index (χ4v) is 3.09. The highest BCUT2D eigenvalue weighted by atomic mass is 16.5. The summed E-state index contributed by atoms with van der Waals surface area (Å²) in [5.74, 6) is 0.917. The fourth-order valence-electron chi connectivity index (χ4n) is 3.09. The van der Waals surface area contributed by atoms with E-state index in [1.165, 1.54) is 11.3 Å². The molecular formula is C21H27NO3. The number of piperidine rings is 1. The van der Waals surface area contributed by atoms with E-state index in [0.717, 1.165) is 31.7 Å². The van der Waals surface area contributed by atoms with Gasteiger partial charge < -0.3 is 19.1 Å². The summed E-state index contributed by atoms with van der Waals surface area (Å²) >= 11 is 0. The van der Waals surface area contributed by atoms with Gasteiger partial charge in [-0.15, -0.1) is 0 Å². The number of rotatable bonds is 8. The van der Waals surface area contributed by atoms with Crippen LogP contribution in [0.15, 0.2) is 54.6 Å². The van der Waals surface area contributed by atoms with Gasteiger partial charge in [0.25, 0.3) is 0 Å². The molecule has 134 valence electrons. The fraction of sp³-hybridized carbons (Fsp3) is 0.429. The topological polar surface area (TPSA) is 30.9 Å². The third kappa shape index (κ3) is 5.48. The number of hydrogen-bond acceptors (Lipinski definition) is 4. The lowest BCUT2D eigenvalue weighted by molar-refractivity contribution is 0.00610. The van der Waals surface area contributed by atoms with Gasteiger partial charge in [0.2, 0.25) is 0 Å². The molecular weight excluding hydrogens is 314 g/mol. The van der Waals surface area contributed by atoms with E-state index in [1.807, 2.05) is 24.3 Å². The summed E-state index contributed by atoms with van der Waals surface area (Å²) < 4.78 is 16.8. The van der Waals surface area contributed by atoms with Crippen molar-refractivity contribution < 1.29 is 14.2 Å². The van der Waals surface area contributed by atoms with Crippen molar-refractivity contribution in [1.29, 1.82) is 0 Å². The zero-order valence-corrected chi connectivity index (χ0v) is 14.9. The highest BCUT2D eigenvalue weighted by molar-refractivity contribution is 5.51. The van der Waals surface area contributed by atoms with Crippen molar-refractivity contribution in [3.8, 4) is 5.75 Å². The molecule has 0 spiro atoms. The minimum atomic E-state index is 0.351. The summed E-state index contributed by atoms with van der Waals surface area (Å²) in [5.41, 5.74) is 2.41. The molecule has 0 N–H and O–H groups in total. The molecule has 1 fully saturated rings. The summed E-state index contributed by atoms with van der Waals surface area (Å²) in [6, 6.07) is 18.6. The molecule has 0 unspecified atom stereocenters. The van der Waals surface area contributed by atoms with Gasteiger partial charge in [0.05, 0.1) is 19.3 Å². The minimum Gasteiger partial charge on any atom is -0.489 e. The van der Waals surface area contributed by atoms with Crippen LogP contribution in [0.1, 0.15) is 18.4 Å². The first-order valence-electron chi connectivity index (χ1n) is 8.97. The molecule has 2 aromatic carbocycles. The maximum absolute atomic E-state index is 5.94. The summed E-state index contributed by atoms with van der Waals surface area (Å²) in [6.45, 7) is 3.98. The van der Waals surface area contributed by atoms with Gasteiger partial charge in [0.15, 0.2) is 0 Å². The van der Waals surface area contributed by atoms with E-state index < -0.39 is 0 Å². The first-order chi connectivity index (χ1) is 12.3. The largest absolute Gasteiger partial charge is 0.489 e. The lowest BCUT2D eigenvalue weighted by atomic mass is 10.1. The summed E-state index contributed by atoms with van der Waals surface area (Å²) in [4.78, 5) is 2.41. The van der Waals surface area contributed by atoms with Crippen molar-refractivity contribution in [2.45, 2.75) is 25.6 Å². The van der Waals surface area contributed by atoms with Crippen molar-refractivity contribution in [1.82, 2.24) is 0 Å². The molecule has 1 saturated heterocycles. The molecule has 0 aromatic heterocycles. The first-order valence-corrected chi connectivity index (χ1v) is 8.97. The van der Waals surface area contributed by atoms with E-state index in [4.69, 9.17) is 14.2 Å². The molecule has 3 rings (SSSR count). The van der Waals surface area contributed by atoms with E-state index in [9.17, 15) is 0 Å². The summed E-state index contributed by atoms with van der Waals surface area (Å²) in [5, 5.41) is 0. The van der Waals surface area contributed by atoms with Crippen LogP contribution in [-0.2, 0) is 16.1 Å². The molecule has 25 heavy (non-hydrogen) atoms. The number of benzene rings is 2. The third-order valence-electron chi connectivity index (χ3n) is 4.51. The van der Waals surface area contributed by atoms with Gasteiger partial charge in [-0.1, -0.05) is 36.4 Å². The third-order valence-corrected chi connectivity index (χ3v) is 4.51. The quantitative estimate of drug-likeness (QED) is 0.682. The molecule has 0 amide bonds. The van der Waals surface area contributed by atoms with Crippen LogP contribution in [0.3, 0.4) is 0 Å². The van der Waals surface area contributed by atoms with Crippen molar-refractivity contribution in [3.05, 3.63) is 60.2 Å². The smallest absolute Gasteiger partial charge is 0.121 e. The van der Waals surface area contributed by atoms with E-state index in [1.54, 1.807) is 7.11 Å². The van der Waals surface area contributed by atoms with Crippen LogP contribution in [0.5, 0.6) is 5.75 Å². The van der Waals surface area contributed by atoms with Gasteiger partial charge in [-0.25, -0.2) is 0 Å². The zero-order valence-electron chi connectivity index (χ0n) is 14.9. The average Bonchev–Trinajstić information content (AvgIpc) is 2.68. The highest BCUT2D eigenvalue weighted by Crippen LogP contribution is 2.25. The van der Waals surface area contributed by atoms with Crippen LogP contribution in [-0.4, -0.2) is 39.5 Å². The van der Waals surface area contributed by atoms with Crippen molar-refractivity contribution in [2.75, 3.05) is 38.3 Å². The number of hydrogen-bond donors (Lipinski definition) is 0. The van der Waals surface area contributed by atoms with Crippen LogP contribution < -0.4 is 9.64 Å². The predicted octanol–water partition coefficient (Wildman–Crippen LogP) is 3.90. The van der Waals surface area contributed by atoms with E-state index in [2.05, 4.69) is 35.2 Å². The normalized spacial score (nSPS) is 15.3. The molecule has 0 atom stereocenters. The minimum absolute atomic E-state index is 0.351. The van der Waals surface area contributed by atoms with Gasteiger partial charge in [-0.3, -0.25) is 0 Å². The highest BCUT2D eigenvalue weighted by Gasteiger charge is 2.20. The second kappa shape index (κ2) is 9.44. The second-order valence-electron chi connectivity index (χ2n) is 6.32. The van der Waals surface area contributed by atoms with Gasteiger partial charge in [0, 0.05) is 32.0 Å². The molecule has 1 aliphatic heterocycles. The molecule has 0 aliphatic carbocycles. The lowest BCUT2D eigenvalue weighted by Gasteiger charge is -2.33. The monoisotopic (exact) mass is 341 g/mol. The SMILES string of the molecule is COCCOC1CCN(c2cccc(OCc3ccccc3)c2)CC1. The number of methoxy groups -OCH3 is 1. The van der Waals surface area contributed by atoms with Crippen molar-refractivity contribution >= 4 is 5.69 Å². The molecule has 2 aromatic rings. The Bertz CT molecular complexity index is 624. The Balaban J connectivity index is 1.50. The first kappa shape index (κ1) is 17.8. The Morgan fingerprint density at radius 3 is 2.52 bits per heavy atom. The predicted molar refractivity (Wildman–Crippen MR) is 100 cm³/mol. The Kier molecular flexibility index (Phi) is 6.71. The zero-order chi connectivity index (χ0) is 17.3. The van der Waals surface area contributed by atoms with E-state index in [-0.39, 0.29) is 0 Å². The summed E-state index contributed by atoms with van der Waals surface area (Å²) in [6.07, 6.45) is 2.46. The molecule has 0 saturated carbocycles. The van der Waals surface area contributed by atoms with Crippen molar-refractivity contribution in [2.24, 2.45) is 0 Å². The van der Waals surface area contributed by atoms with Gasteiger partial charge in [-0.05, 0) is 30.5 Å². The van der Waals surface area contributed by atoms with Gasteiger partial charge >= 0.3 is 0 Å². The Hall–Kier alpha value is -2.04. The average molecular weight is 341 g/mol. The van der Waals surface area contributed by atoms with E-state index in [0.29, 0.717) is 25.9 Å². The lowest BCUT2D eigenvalue weighted by Crippen LogP contribution is -2.37. The number of nitrogens with zero attached hydrogens (tertiary/aromatic N) is 1. The molecule has 1 heterocycles. The van der Waals surface area contributed by atoms with Crippen LogP contribution in [0, 0.1) is 0 Å². The molecule has 4 nitrogen and oxygen atoms in total. The molecule has 1 aliphatic rings. The number of anilines is 1. The Morgan fingerprint density at radius 1 is 0.960 bits per heavy atom. The number of ether oxygens (including phenoxy) is 3. The Morgan fingerprint density at radius 2 is 1.76 bits per heavy atom. The molecule has 0 radical (unpaired) electrons. The van der Waals surface area contributed by atoms with Gasteiger partial charge in [0.1, 0.15) is 12.4 Å². The molecule has 0 bridgehead atoms. The van der Waals surface area contributed by atoms with Crippen molar-refractivity contribution in [3.63, 3.8) is 0 Å². The van der Waals surface area contributed by atoms with E-state index >= 15 is 0 Å². The van der Waals surface area contributed by atoms with Crippen LogP contribution >= 0.6 is 0 Å². The van der Waals surface area contributed by atoms with Crippen LogP contribution in [0.4, 0.5) is 5.69 Å². The maximum Gasteiger partial charge on any atom is 0.121 e. The second-order valence-corrected chi connectivity index (χ2v) is 6.32. The molecule has 4 heteroatoms. The standard InChI is InChI=1S/C21H27NO3/c1-23-14-15-24-20-10-12-22(13-11-20)19-8-5-9-21(16-19)25-17-18-6-3-2-4-7-18/h2-9,16,20H,10-15,17H2,1H3. The maximum atomic E-state index is 5.94. The van der Waals surface area contributed by atoms with Crippen LogP contribution in [0.2, 0.25) is 0 Å².